The first-order chi connectivity index (χ1) is 11.7. The van der Waals surface area contributed by atoms with E-state index in [0.29, 0.717) is 0 Å². The van der Waals surface area contributed by atoms with E-state index in [4.69, 9.17) is 5.73 Å². The number of rotatable bonds is 4. The number of allylic oxidation sites excluding steroid dienone is 1. The molecule has 0 amide bonds. The molecule has 2 aromatic heterocycles. The van der Waals surface area contributed by atoms with Gasteiger partial charge in [0.05, 0.1) is 5.57 Å². The van der Waals surface area contributed by atoms with E-state index in [1.165, 1.54) is 0 Å². The lowest BCUT2D eigenvalue weighted by atomic mass is 10.2. The Balaban J connectivity index is 1.96. The lowest BCUT2D eigenvalue weighted by Gasteiger charge is -2.06. The zero-order chi connectivity index (χ0) is 16.8. The smallest absolute Gasteiger partial charge is 0.232 e. The number of hydrogen-bond donors (Lipinski definition) is 2. The molecule has 0 saturated heterocycles. The van der Waals surface area contributed by atoms with Crippen LogP contribution in [0.5, 0.6) is 0 Å². The summed E-state index contributed by atoms with van der Waals surface area (Å²) in [6, 6.07) is 15.1. The van der Waals surface area contributed by atoms with Crippen molar-refractivity contribution in [1.82, 2.24) is 19.9 Å². The molecule has 3 rings (SSSR count). The molecule has 0 atom stereocenters. The normalized spacial score (nSPS) is 10.9. The molecule has 7 heteroatoms. The number of aromatic nitrogens is 4. The number of nitrogens with two attached hydrogens (primary N) is 1. The van der Waals surface area contributed by atoms with Crippen LogP contribution in [0, 0.1) is 11.3 Å². The third kappa shape index (κ3) is 3.69. The summed E-state index contributed by atoms with van der Waals surface area (Å²) in [5, 5.41) is 12.4. The SMILES string of the molecule is N#C/C(=C\c1cccnc1)c1nc(N)nc(Nc2ccccc2)n1. The zero-order valence-corrected chi connectivity index (χ0v) is 12.6. The van der Waals surface area contributed by atoms with Gasteiger partial charge in [-0.25, -0.2) is 0 Å². The Morgan fingerprint density at radius 3 is 2.62 bits per heavy atom. The van der Waals surface area contributed by atoms with Crippen molar-refractivity contribution in [2.24, 2.45) is 0 Å². The van der Waals surface area contributed by atoms with Gasteiger partial charge in [-0.2, -0.15) is 20.2 Å². The highest BCUT2D eigenvalue weighted by atomic mass is 15.2. The summed E-state index contributed by atoms with van der Waals surface area (Å²) in [4.78, 5) is 16.4. The van der Waals surface area contributed by atoms with Crippen molar-refractivity contribution in [3.8, 4) is 6.07 Å². The predicted molar refractivity (Wildman–Crippen MR) is 91.7 cm³/mol. The number of nitrogens with one attached hydrogen (secondary N) is 1. The number of anilines is 3. The Morgan fingerprint density at radius 2 is 1.92 bits per heavy atom. The van der Waals surface area contributed by atoms with Crippen LogP contribution in [-0.4, -0.2) is 19.9 Å². The van der Waals surface area contributed by atoms with Crippen molar-refractivity contribution in [2.75, 3.05) is 11.1 Å². The van der Waals surface area contributed by atoms with E-state index in [0.717, 1.165) is 11.3 Å². The minimum atomic E-state index is 0.0331. The van der Waals surface area contributed by atoms with Gasteiger partial charge in [-0.05, 0) is 29.8 Å². The van der Waals surface area contributed by atoms with Gasteiger partial charge in [-0.3, -0.25) is 4.98 Å². The molecule has 0 saturated carbocycles. The number of pyridine rings is 1. The van der Waals surface area contributed by atoms with Gasteiger partial charge >= 0.3 is 0 Å². The average molecular weight is 315 g/mol. The standard InChI is InChI=1S/C17H13N7/c18-10-13(9-12-5-4-8-20-11-12)15-22-16(19)24-17(23-15)21-14-6-2-1-3-7-14/h1-9,11H,(H3,19,21,22,23,24)/b13-9+. The Morgan fingerprint density at radius 1 is 1.08 bits per heavy atom. The molecule has 2 heterocycles. The Hall–Kier alpha value is -3.79. The second kappa shape index (κ2) is 6.98. The lowest BCUT2D eigenvalue weighted by Crippen LogP contribution is -2.06. The van der Waals surface area contributed by atoms with Crippen LogP contribution in [0.3, 0.4) is 0 Å². The van der Waals surface area contributed by atoms with E-state index in [9.17, 15) is 5.26 Å². The molecule has 0 aliphatic heterocycles. The van der Waals surface area contributed by atoms with Gasteiger partial charge in [0.15, 0.2) is 5.82 Å². The molecular formula is C17H13N7. The summed E-state index contributed by atoms with van der Waals surface area (Å²) in [7, 11) is 0. The number of nitrogen functional groups attached to an aromatic ring is 1. The second-order valence-electron chi connectivity index (χ2n) is 4.79. The second-order valence-corrected chi connectivity index (χ2v) is 4.79. The minimum absolute atomic E-state index is 0.0331. The van der Waals surface area contributed by atoms with Gasteiger partial charge in [0.1, 0.15) is 6.07 Å². The van der Waals surface area contributed by atoms with Crippen LogP contribution < -0.4 is 11.1 Å². The van der Waals surface area contributed by atoms with Crippen molar-refractivity contribution in [1.29, 1.82) is 5.26 Å². The van der Waals surface area contributed by atoms with Gasteiger partial charge in [0.25, 0.3) is 0 Å². The molecule has 116 valence electrons. The molecule has 0 unspecified atom stereocenters. The highest BCUT2D eigenvalue weighted by molar-refractivity contribution is 5.87. The largest absolute Gasteiger partial charge is 0.368 e. The van der Waals surface area contributed by atoms with E-state index >= 15 is 0 Å². The van der Waals surface area contributed by atoms with E-state index < -0.39 is 0 Å². The van der Waals surface area contributed by atoms with E-state index in [-0.39, 0.29) is 23.3 Å². The Bertz CT molecular complexity index is 899. The van der Waals surface area contributed by atoms with Crippen LogP contribution in [0.25, 0.3) is 11.6 Å². The maximum absolute atomic E-state index is 9.41. The minimum Gasteiger partial charge on any atom is -0.368 e. The number of hydrogen-bond acceptors (Lipinski definition) is 7. The fourth-order valence-electron chi connectivity index (χ4n) is 1.99. The summed E-state index contributed by atoms with van der Waals surface area (Å²) in [5.74, 6) is 0.508. The number of nitrogens with zero attached hydrogens (tertiary/aromatic N) is 5. The third-order valence-corrected chi connectivity index (χ3v) is 3.04. The van der Waals surface area contributed by atoms with Crippen LogP contribution in [0.1, 0.15) is 11.4 Å². The van der Waals surface area contributed by atoms with Crippen molar-refractivity contribution in [2.45, 2.75) is 0 Å². The van der Waals surface area contributed by atoms with Crippen LogP contribution in [0.15, 0.2) is 54.9 Å². The van der Waals surface area contributed by atoms with Crippen molar-refractivity contribution >= 4 is 29.2 Å². The molecule has 1 aromatic carbocycles. The van der Waals surface area contributed by atoms with Crippen LogP contribution >= 0.6 is 0 Å². The number of benzene rings is 1. The lowest BCUT2D eigenvalue weighted by molar-refractivity contribution is 1.04. The van der Waals surface area contributed by atoms with E-state index in [1.54, 1.807) is 24.5 Å². The molecule has 3 aromatic rings. The molecule has 0 bridgehead atoms. The van der Waals surface area contributed by atoms with Crippen molar-refractivity contribution < 1.29 is 0 Å². The number of nitriles is 1. The Kier molecular flexibility index (Phi) is 4.40. The fourth-order valence-corrected chi connectivity index (χ4v) is 1.99. The van der Waals surface area contributed by atoms with Gasteiger partial charge < -0.3 is 11.1 Å². The molecule has 0 radical (unpaired) electrons. The summed E-state index contributed by atoms with van der Waals surface area (Å²) in [6.07, 6.45) is 4.95. The highest BCUT2D eigenvalue weighted by Gasteiger charge is 2.10. The van der Waals surface area contributed by atoms with E-state index in [2.05, 4.69) is 31.3 Å². The first kappa shape index (κ1) is 15.1. The topological polar surface area (TPSA) is 113 Å². The van der Waals surface area contributed by atoms with Gasteiger partial charge in [-0.1, -0.05) is 24.3 Å². The average Bonchev–Trinajstić information content (AvgIpc) is 2.61. The predicted octanol–water partition coefficient (Wildman–Crippen LogP) is 2.66. The molecular weight excluding hydrogens is 302 g/mol. The monoisotopic (exact) mass is 315 g/mol. The maximum atomic E-state index is 9.41. The van der Waals surface area contributed by atoms with Gasteiger partial charge in [0, 0.05) is 18.1 Å². The molecule has 3 N–H and O–H groups in total. The maximum Gasteiger partial charge on any atom is 0.232 e. The van der Waals surface area contributed by atoms with Crippen LogP contribution in [-0.2, 0) is 0 Å². The third-order valence-electron chi connectivity index (χ3n) is 3.04. The van der Waals surface area contributed by atoms with Crippen LogP contribution in [0.4, 0.5) is 17.6 Å². The zero-order valence-electron chi connectivity index (χ0n) is 12.6. The molecule has 24 heavy (non-hydrogen) atoms. The highest BCUT2D eigenvalue weighted by Crippen LogP contribution is 2.18. The fraction of sp³-hybridized carbons (Fsp3) is 0. The van der Waals surface area contributed by atoms with Gasteiger partial charge in [-0.15, -0.1) is 0 Å². The van der Waals surface area contributed by atoms with Gasteiger partial charge in [0.2, 0.25) is 11.9 Å². The first-order valence-corrected chi connectivity index (χ1v) is 7.10. The number of para-hydroxylation sites is 1. The van der Waals surface area contributed by atoms with E-state index in [1.807, 2.05) is 36.4 Å². The molecule has 0 aliphatic carbocycles. The summed E-state index contributed by atoms with van der Waals surface area (Å²) >= 11 is 0. The summed E-state index contributed by atoms with van der Waals surface area (Å²) in [6.45, 7) is 0. The Labute approximate surface area is 138 Å². The first-order valence-electron chi connectivity index (χ1n) is 7.10. The van der Waals surface area contributed by atoms with Crippen molar-refractivity contribution in [3.63, 3.8) is 0 Å². The quantitative estimate of drug-likeness (QED) is 0.711. The molecule has 7 nitrogen and oxygen atoms in total. The molecule has 0 spiro atoms. The summed E-state index contributed by atoms with van der Waals surface area (Å²) < 4.78 is 0. The molecule has 0 aliphatic rings. The summed E-state index contributed by atoms with van der Waals surface area (Å²) in [5.41, 5.74) is 7.60. The molecule has 0 fully saturated rings. The van der Waals surface area contributed by atoms with Crippen molar-refractivity contribution in [3.05, 3.63) is 66.2 Å². The van der Waals surface area contributed by atoms with Crippen LogP contribution in [0.2, 0.25) is 0 Å².